The summed E-state index contributed by atoms with van der Waals surface area (Å²) in [5, 5.41) is 12.3. The summed E-state index contributed by atoms with van der Waals surface area (Å²) in [5.74, 6) is -0.909. The molecule has 2 atom stereocenters. The van der Waals surface area contributed by atoms with Crippen LogP contribution >= 0.6 is 0 Å². The molecule has 0 aliphatic carbocycles. The molecular weight excluding hydrogens is 209 g/mol. The fourth-order valence-electron chi connectivity index (χ4n) is 1.31. The van der Waals surface area contributed by atoms with E-state index in [0.717, 1.165) is 5.56 Å². The lowest BCUT2D eigenvalue weighted by molar-refractivity contribution is 0.0882. The second-order valence-corrected chi connectivity index (χ2v) is 3.90. The van der Waals surface area contributed by atoms with E-state index in [1.54, 1.807) is 13.2 Å². The maximum atomic E-state index is 13.0. The second kappa shape index (κ2) is 5.82. The fraction of sp³-hybridized carbons (Fsp3) is 0.500. The lowest BCUT2D eigenvalue weighted by Crippen LogP contribution is -2.36. The third-order valence-electron chi connectivity index (χ3n) is 2.72. The predicted molar refractivity (Wildman–Crippen MR) is 60.8 cm³/mol. The second-order valence-electron chi connectivity index (χ2n) is 3.90. The summed E-state index contributed by atoms with van der Waals surface area (Å²) in [4.78, 5) is 0. The van der Waals surface area contributed by atoms with Gasteiger partial charge in [0.2, 0.25) is 0 Å². The zero-order chi connectivity index (χ0) is 12.1. The molecule has 0 amide bonds. The zero-order valence-corrected chi connectivity index (χ0v) is 9.83. The average molecular weight is 227 g/mol. The first-order valence-electron chi connectivity index (χ1n) is 5.28. The van der Waals surface area contributed by atoms with E-state index >= 15 is 0 Å². The van der Waals surface area contributed by atoms with Crippen molar-refractivity contribution in [3.63, 3.8) is 0 Å². The van der Waals surface area contributed by atoms with Crippen LogP contribution in [0, 0.1) is 5.82 Å². The van der Waals surface area contributed by atoms with E-state index in [1.807, 2.05) is 13.8 Å². The topological polar surface area (TPSA) is 41.5 Å². The summed E-state index contributed by atoms with van der Waals surface area (Å²) in [6.45, 7) is 4.52. The van der Waals surface area contributed by atoms with E-state index in [1.165, 1.54) is 12.1 Å². The standard InChI is InChI=1S/C12H18FNO2/c1-8(9(2)16-3)14-7-10-4-5-12(15)11(13)6-10/h4-6,8-9,14-15H,7H2,1-3H3. The molecule has 0 spiro atoms. The highest BCUT2D eigenvalue weighted by molar-refractivity contribution is 5.27. The summed E-state index contributed by atoms with van der Waals surface area (Å²) >= 11 is 0. The minimum absolute atomic E-state index is 0.0990. The Bertz CT molecular complexity index is 344. The largest absolute Gasteiger partial charge is 0.505 e. The molecule has 2 N–H and O–H groups in total. The minimum Gasteiger partial charge on any atom is -0.505 e. The number of methoxy groups -OCH3 is 1. The first-order chi connectivity index (χ1) is 7.54. The first-order valence-corrected chi connectivity index (χ1v) is 5.28. The van der Waals surface area contributed by atoms with E-state index in [0.29, 0.717) is 6.54 Å². The number of phenolic OH excluding ortho intramolecular Hbond substituents is 1. The van der Waals surface area contributed by atoms with Gasteiger partial charge in [0.1, 0.15) is 0 Å². The van der Waals surface area contributed by atoms with Gasteiger partial charge in [0, 0.05) is 19.7 Å². The Balaban J connectivity index is 2.51. The van der Waals surface area contributed by atoms with Gasteiger partial charge in [-0.3, -0.25) is 0 Å². The number of benzene rings is 1. The minimum atomic E-state index is -0.591. The highest BCUT2D eigenvalue weighted by Gasteiger charge is 2.10. The predicted octanol–water partition coefficient (Wildman–Crippen LogP) is 2.04. The number of aromatic hydroxyl groups is 1. The van der Waals surface area contributed by atoms with Crippen LogP contribution in [0.15, 0.2) is 18.2 Å². The summed E-state index contributed by atoms with van der Waals surface area (Å²) in [7, 11) is 1.66. The van der Waals surface area contributed by atoms with Crippen LogP contribution in [0.25, 0.3) is 0 Å². The monoisotopic (exact) mass is 227 g/mol. The lowest BCUT2D eigenvalue weighted by Gasteiger charge is -2.19. The molecule has 0 heterocycles. The van der Waals surface area contributed by atoms with E-state index < -0.39 is 5.82 Å². The normalized spacial score (nSPS) is 14.8. The number of ether oxygens (including phenoxy) is 1. The fourth-order valence-corrected chi connectivity index (χ4v) is 1.31. The van der Waals surface area contributed by atoms with E-state index in [9.17, 15) is 4.39 Å². The van der Waals surface area contributed by atoms with Crippen molar-refractivity contribution < 1.29 is 14.2 Å². The summed E-state index contributed by atoms with van der Waals surface area (Å²) in [5.41, 5.74) is 0.797. The quantitative estimate of drug-likeness (QED) is 0.809. The summed E-state index contributed by atoms with van der Waals surface area (Å²) in [6.07, 6.45) is 0.0990. The Hall–Kier alpha value is -1.13. The SMILES string of the molecule is COC(C)C(C)NCc1ccc(O)c(F)c1. The number of halogens is 1. The molecule has 90 valence electrons. The Kier molecular flexibility index (Phi) is 4.71. The maximum absolute atomic E-state index is 13.0. The molecule has 0 saturated heterocycles. The van der Waals surface area contributed by atoms with E-state index in [4.69, 9.17) is 9.84 Å². The van der Waals surface area contributed by atoms with Crippen molar-refractivity contribution in [3.05, 3.63) is 29.6 Å². The van der Waals surface area contributed by atoms with Gasteiger partial charge in [0.15, 0.2) is 11.6 Å². The Morgan fingerprint density at radius 3 is 2.69 bits per heavy atom. The van der Waals surface area contributed by atoms with Crippen molar-refractivity contribution in [2.75, 3.05) is 7.11 Å². The Morgan fingerprint density at radius 2 is 2.12 bits per heavy atom. The van der Waals surface area contributed by atoms with Gasteiger partial charge in [0.05, 0.1) is 6.10 Å². The van der Waals surface area contributed by atoms with Crippen LogP contribution < -0.4 is 5.32 Å². The van der Waals surface area contributed by atoms with Gasteiger partial charge in [-0.25, -0.2) is 4.39 Å². The van der Waals surface area contributed by atoms with Gasteiger partial charge in [-0.1, -0.05) is 6.07 Å². The number of phenols is 1. The molecule has 4 heteroatoms. The zero-order valence-electron chi connectivity index (χ0n) is 9.83. The number of rotatable bonds is 5. The molecular formula is C12H18FNO2. The third-order valence-corrected chi connectivity index (χ3v) is 2.72. The molecule has 3 nitrogen and oxygen atoms in total. The van der Waals surface area contributed by atoms with Gasteiger partial charge in [-0.15, -0.1) is 0 Å². The van der Waals surface area contributed by atoms with E-state index in [-0.39, 0.29) is 17.9 Å². The highest BCUT2D eigenvalue weighted by Crippen LogP contribution is 2.16. The van der Waals surface area contributed by atoms with Gasteiger partial charge in [0.25, 0.3) is 0 Å². The molecule has 0 aliphatic rings. The van der Waals surface area contributed by atoms with Crippen LogP contribution in [-0.2, 0) is 11.3 Å². The van der Waals surface area contributed by atoms with E-state index in [2.05, 4.69) is 5.32 Å². The number of hydrogen-bond donors (Lipinski definition) is 2. The molecule has 1 aromatic rings. The van der Waals surface area contributed by atoms with Crippen LogP contribution in [0.4, 0.5) is 4.39 Å². The lowest BCUT2D eigenvalue weighted by atomic mass is 10.1. The van der Waals surface area contributed by atoms with Crippen LogP contribution in [0.1, 0.15) is 19.4 Å². The van der Waals surface area contributed by atoms with Crippen molar-refractivity contribution >= 4 is 0 Å². The molecule has 0 saturated carbocycles. The van der Waals surface area contributed by atoms with Crippen LogP contribution in [-0.4, -0.2) is 24.4 Å². The molecule has 16 heavy (non-hydrogen) atoms. The molecule has 0 fully saturated rings. The van der Waals surface area contributed by atoms with Crippen LogP contribution in [0.2, 0.25) is 0 Å². The molecule has 0 bridgehead atoms. The summed E-state index contributed by atoms with van der Waals surface area (Å²) in [6, 6.07) is 4.56. The van der Waals surface area contributed by atoms with Crippen molar-refractivity contribution in [2.45, 2.75) is 32.5 Å². The first kappa shape index (κ1) is 12.9. The van der Waals surface area contributed by atoms with Crippen LogP contribution in [0.5, 0.6) is 5.75 Å². The smallest absolute Gasteiger partial charge is 0.165 e. The highest BCUT2D eigenvalue weighted by atomic mass is 19.1. The van der Waals surface area contributed by atoms with Gasteiger partial charge >= 0.3 is 0 Å². The maximum Gasteiger partial charge on any atom is 0.165 e. The van der Waals surface area contributed by atoms with Gasteiger partial charge < -0.3 is 15.2 Å². The van der Waals surface area contributed by atoms with Gasteiger partial charge in [-0.05, 0) is 31.5 Å². The van der Waals surface area contributed by atoms with Crippen molar-refractivity contribution in [1.29, 1.82) is 0 Å². The third kappa shape index (κ3) is 3.47. The molecule has 0 aliphatic heterocycles. The molecule has 2 unspecified atom stereocenters. The Morgan fingerprint density at radius 1 is 1.44 bits per heavy atom. The van der Waals surface area contributed by atoms with Crippen molar-refractivity contribution in [1.82, 2.24) is 5.32 Å². The number of nitrogens with one attached hydrogen (secondary N) is 1. The molecule has 0 radical (unpaired) electrons. The molecule has 1 rings (SSSR count). The average Bonchev–Trinajstić information content (AvgIpc) is 2.29. The van der Waals surface area contributed by atoms with Gasteiger partial charge in [-0.2, -0.15) is 0 Å². The molecule has 0 aromatic heterocycles. The van der Waals surface area contributed by atoms with Crippen molar-refractivity contribution in [2.24, 2.45) is 0 Å². The van der Waals surface area contributed by atoms with Crippen molar-refractivity contribution in [3.8, 4) is 5.75 Å². The molecule has 1 aromatic carbocycles. The number of hydrogen-bond acceptors (Lipinski definition) is 3. The van der Waals surface area contributed by atoms with Crippen LogP contribution in [0.3, 0.4) is 0 Å². The Labute approximate surface area is 95.2 Å². The summed E-state index contributed by atoms with van der Waals surface area (Å²) < 4.78 is 18.2.